The molecular weight excluding hydrogens is 218 g/mol. The van der Waals surface area contributed by atoms with Gasteiger partial charge in [0.25, 0.3) is 0 Å². The number of fused-ring (bicyclic) bond motifs is 1. The van der Waals surface area contributed by atoms with Crippen molar-refractivity contribution in [2.45, 2.75) is 32.1 Å². The van der Waals surface area contributed by atoms with E-state index in [0.29, 0.717) is 6.04 Å². The first-order valence-corrected chi connectivity index (χ1v) is 7.11. The zero-order valence-corrected chi connectivity index (χ0v) is 10.2. The number of ether oxygens (including phenoxy) is 1. The highest BCUT2D eigenvalue weighted by molar-refractivity contribution is 7.99. The van der Waals surface area contributed by atoms with Gasteiger partial charge in [0.2, 0.25) is 0 Å². The van der Waals surface area contributed by atoms with E-state index in [-0.39, 0.29) is 0 Å². The Kier molecular flexibility index (Phi) is 3.06. The van der Waals surface area contributed by atoms with Crippen molar-refractivity contribution in [2.75, 3.05) is 16.8 Å². The van der Waals surface area contributed by atoms with Crippen LogP contribution in [0.4, 0.5) is 5.69 Å². The van der Waals surface area contributed by atoms with E-state index in [2.05, 4.69) is 35.3 Å². The number of rotatable bonds is 2. The largest absolute Gasteiger partial charge is 0.381 e. The van der Waals surface area contributed by atoms with E-state index >= 15 is 0 Å². The molecule has 1 atom stereocenters. The topological polar surface area (TPSA) is 21.3 Å². The SMILES string of the molecule is c1cc2c(cc1NC1CCCSC1)COC2. The van der Waals surface area contributed by atoms with Gasteiger partial charge in [-0.1, -0.05) is 6.07 Å². The van der Waals surface area contributed by atoms with Crippen molar-refractivity contribution in [1.82, 2.24) is 0 Å². The Balaban J connectivity index is 1.69. The molecule has 2 heterocycles. The second-order valence-electron chi connectivity index (χ2n) is 4.53. The van der Waals surface area contributed by atoms with E-state index in [9.17, 15) is 0 Å². The molecule has 0 aromatic heterocycles. The zero-order chi connectivity index (χ0) is 10.8. The second-order valence-corrected chi connectivity index (χ2v) is 5.68. The quantitative estimate of drug-likeness (QED) is 0.851. The van der Waals surface area contributed by atoms with E-state index in [1.54, 1.807) is 0 Å². The average molecular weight is 235 g/mol. The molecule has 1 saturated heterocycles. The van der Waals surface area contributed by atoms with Gasteiger partial charge in [0.1, 0.15) is 0 Å². The van der Waals surface area contributed by atoms with Gasteiger partial charge < -0.3 is 10.1 Å². The maximum atomic E-state index is 5.43. The molecule has 1 unspecified atom stereocenters. The molecule has 0 spiro atoms. The van der Waals surface area contributed by atoms with Crippen molar-refractivity contribution >= 4 is 17.4 Å². The first kappa shape index (κ1) is 10.5. The molecule has 2 nitrogen and oxygen atoms in total. The van der Waals surface area contributed by atoms with Crippen LogP contribution in [0.2, 0.25) is 0 Å². The fourth-order valence-electron chi connectivity index (χ4n) is 2.35. The maximum absolute atomic E-state index is 5.43. The number of hydrogen-bond acceptors (Lipinski definition) is 3. The lowest BCUT2D eigenvalue weighted by Crippen LogP contribution is -2.25. The molecule has 0 saturated carbocycles. The molecule has 2 aliphatic rings. The fraction of sp³-hybridized carbons (Fsp3) is 0.538. The van der Waals surface area contributed by atoms with Crippen LogP contribution in [0.3, 0.4) is 0 Å². The molecule has 0 amide bonds. The van der Waals surface area contributed by atoms with Crippen molar-refractivity contribution < 1.29 is 4.74 Å². The lowest BCUT2D eigenvalue weighted by atomic mass is 10.1. The Bertz CT molecular complexity index is 374. The lowest BCUT2D eigenvalue weighted by Gasteiger charge is -2.23. The van der Waals surface area contributed by atoms with Crippen molar-refractivity contribution in [3.05, 3.63) is 29.3 Å². The van der Waals surface area contributed by atoms with Crippen molar-refractivity contribution in [3.8, 4) is 0 Å². The molecule has 0 radical (unpaired) electrons. The molecule has 16 heavy (non-hydrogen) atoms. The van der Waals surface area contributed by atoms with Gasteiger partial charge >= 0.3 is 0 Å². The summed E-state index contributed by atoms with van der Waals surface area (Å²) in [6.45, 7) is 1.57. The summed E-state index contributed by atoms with van der Waals surface area (Å²) in [7, 11) is 0. The second kappa shape index (κ2) is 4.68. The van der Waals surface area contributed by atoms with E-state index in [1.807, 2.05) is 0 Å². The van der Waals surface area contributed by atoms with Crippen molar-refractivity contribution in [1.29, 1.82) is 0 Å². The molecule has 86 valence electrons. The third-order valence-electron chi connectivity index (χ3n) is 3.25. The highest BCUT2D eigenvalue weighted by Gasteiger charge is 2.15. The van der Waals surface area contributed by atoms with Crippen LogP contribution in [0, 0.1) is 0 Å². The van der Waals surface area contributed by atoms with Crippen LogP contribution in [-0.2, 0) is 18.0 Å². The smallest absolute Gasteiger partial charge is 0.0725 e. The third-order valence-corrected chi connectivity index (χ3v) is 4.47. The van der Waals surface area contributed by atoms with Crippen LogP contribution in [0.25, 0.3) is 0 Å². The minimum Gasteiger partial charge on any atom is -0.381 e. The number of benzene rings is 1. The molecule has 1 fully saturated rings. The van der Waals surface area contributed by atoms with Crippen LogP contribution >= 0.6 is 11.8 Å². The summed E-state index contributed by atoms with van der Waals surface area (Å²) in [4.78, 5) is 0. The predicted octanol–water partition coefficient (Wildman–Crippen LogP) is 3.02. The van der Waals surface area contributed by atoms with Gasteiger partial charge in [0.05, 0.1) is 13.2 Å². The monoisotopic (exact) mass is 235 g/mol. The predicted molar refractivity (Wildman–Crippen MR) is 68.9 cm³/mol. The van der Waals surface area contributed by atoms with E-state index in [1.165, 1.54) is 41.2 Å². The van der Waals surface area contributed by atoms with Crippen LogP contribution < -0.4 is 5.32 Å². The first-order valence-electron chi connectivity index (χ1n) is 5.96. The summed E-state index contributed by atoms with van der Waals surface area (Å²) in [6, 6.07) is 7.29. The fourth-order valence-corrected chi connectivity index (χ4v) is 3.42. The summed E-state index contributed by atoms with van der Waals surface area (Å²) in [6.07, 6.45) is 2.65. The summed E-state index contributed by atoms with van der Waals surface area (Å²) in [5, 5.41) is 3.63. The minimum atomic E-state index is 0.652. The third kappa shape index (κ3) is 2.20. The van der Waals surface area contributed by atoms with Crippen LogP contribution in [0.15, 0.2) is 18.2 Å². The average Bonchev–Trinajstić information content (AvgIpc) is 2.77. The highest BCUT2D eigenvalue weighted by atomic mass is 32.2. The Labute approximate surface area is 101 Å². The van der Waals surface area contributed by atoms with E-state index in [4.69, 9.17) is 4.74 Å². The molecule has 0 bridgehead atoms. The van der Waals surface area contributed by atoms with E-state index in [0.717, 1.165) is 13.2 Å². The van der Waals surface area contributed by atoms with Crippen molar-refractivity contribution in [3.63, 3.8) is 0 Å². The molecule has 1 aromatic rings. The molecule has 1 N–H and O–H groups in total. The van der Waals surface area contributed by atoms with Gasteiger partial charge in [-0.25, -0.2) is 0 Å². The number of nitrogens with one attached hydrogen (secondary N) is 1. The van der Waals surface area contributed by atoms with Crippen molar-refractivity contribution in [2.24, 2.45) is 0 Å². The first-order chi connectivity index (χ1) is 7.92. The minimum absolute atomic E-state index is 0.652. The standard InChI is InChI=1S/C13H17NOS/c1-2-13(9-16-5-1)14-12-4-3-10-7-15-8-11(10)6-12/h3-4,6,13-14H,1-2,5,7-9H2. The van der Waals surface area contributed by atoms with Gasteiger partial charge in [-0.05, 0) is 41.9 Å². The Hall–Kier alpha value is -0.670. The van der Waals surface area contributed by atoms with E-state index < -0.39 is 0 Å². The Morgan fingerprint density at radius 3 is 3.06 bits per heavy atom. The van der Waals surface area contributed by atoms with Gasteiger partial charge in [-0.3, -0.25) is 0 Å². The van der Waals surface area contributed by atoms with Crippen LogP contribution in [-0.4, -0.2) is 17.5 Å². The van der Waals surface area contributed by atoms with Gasteiger partial charge in [0.15, 0.2) is 0 Å². The molecule has 3 heteroatoms. The van der Waals surface area contributed by atoms with Crippen LogP contribution in [0.5, 0.6) is 0 Å². The van der Waals surface area contributed by atoms with Gasteiger partial charge in [-0.15, -0.1) is 0 Å². The summed E-state index contributed by atoms with van der Waals surface area (Å²) in [5.41, 5.74) is 3.97. The highest BCUT2D eigenvalue weighted by Crippen LogP contribution is 2.25. The molecule has 2 aliphatic heterocycles. The lowest BCUT2D eigenvalue weighted by molar-refractivity contribution is 0.134. The van der Waals surface area contributed by atoms with Gasteiger partial charge in [0, 0.05) is 17.5 Å². The maximum Gasteiger partial charge on any atom is 0.0725 e. The zero-order valence-electron chi connectivity index (χ0n) is 9.37. The molecule has 3 rings (SSSR count). The van der Waals surface area contributed by atoms with Gasteiger partial charge in [-0.2, -0.15) is 11.8 Å². The van der Waals surface area contributed by atoms with Crippen LogP contribution in [0.1, 0.15) is 24.0 Å². The molecule has 1 aromatic carbocycles. The summed E-state index contributed by atoms with van der Waals surface area (Å²) < 4.78 is 5.43. The molecular formula is C13H17NOS. The Morgan fingerprint density at radius 2 is 2.19 bits per heavy atom. The number of anilines is 1. The Morgan fingerprint density at radius 1 is 1.25 bits per heavy atom. The number of thioether (sulfide) groups is 1. The summed E-state index contributed by atoms with van der Waals surface area (Å²) >= 11 is 2.06. The normalized spacial score (nSPS) is 24.1. The number of hydrogen-bond donors (Lipinski definition) is 1. The molecule has 0 aliphatic carbocycles. The summed E-state index contributed by atoms with van der Waals surface area (Å²) in [5.74, 6) is 2.57.